The number of carbonyl (C=O) groups is 2. The summed E-state index contributed by atoms with van der Waals surface area (Å²) < 4.78 is 10.4. The molecule has 0 saturated carbocycles. The highest BCUT2D eigenvalue weighted by molar-refractivity contribution is 5.88. The zero-order valence-electron chi connectivity index (χ0n) is 10.1. The van der Waals surface area contributed by atoms with Gasteiger partial charge in [-0.25, -0.2) is 0 Å². The molecule has 7 heteroatoms. The number of carbonyl (C=O) groups excluding carboxylic acids is 1. The molecule has 3 N–H and O–H groups in total. The largest absolute Gasteiger partial charge is 0.481 e. The van der Waals surface area contributed by atoms with E-state index in [0.29, 0.717) is 6.42 Å². The normalized spacial score (nSPS) is 30.2. The Morgan fingerprint density at radius 1 is 1.61 bits per heavy atom. The third kappa shape index (κ3) is 3.74. The molecule has 0 radical (unpaired) electrons. The van der Waals surface area contributed by atoms with Gasteiger partial charge in [-0.15, -0.1) is 0 Å². The number of aliphatic hydroxyl groups excluding tert-OH is 2. The predicted molar refractivity (Wildman–Crippen MR) is 59.0 cm³/mol. The summed E-state index contributed by atoms with van der Waals surface area (Å²) in [5.41, 5.74) is 0. The van der Waals surface area contributed by atoms with Gasteiger partial charge in [0.1, 0.15) is 18.3 Å². The molecule has 1 saturated heterocycles. The lowest BCUT2D eigenvalue weighted by molar-refractivity contribution is -0.182. The highest BCUT2D eigenvalue weighted by atomic mass is 16.6. The van der Waals surface area contributed by atoms with Crippen LogP contribution in [0.3, 0.4) is 0 Å². The first kappa shape index (κ1) is 15.0. The van der Waals surface area contributed by atoms with E-state index in [-0.39, 0.29) is 13.0 Å². The number of carboxylic acids is 1. The highest BCUT2D eigenvalue weighted by Crippen LogP contribution is 2.17. The van der Waals surface area contributed by atoms with Gasteiger partial charge in [-0.05, 0) is 6.42 Å². The van der Waals surface area contributed by atoms with Crippen molar-refractivity contribution in [2.75, 3.05) is 13.2 Å². The third-order valence-electron chi connectivity index (χ3n) is 2.82. The van der Waals surface area contributed by atoms with Crippen molar-refractivity contribution in [2.45, 2.75) is 44.2 Å². The molecule has 0 amide bonds. The van der Waals surface area contributed by atoms with Crippen LogP contribution in [-0.4, -0.2) is 64.7 Å². The minimum absolute atomic E-state index is 0.0861. The van der Waals surface area contributed by atoms with Gasteiger partial charge in [0, 0.05) is 0 Å². The van der Waals surface area contributed by atoms with E-state index < -0.39 is 42.8 Å². The van der Waals surface area contributed by atoms with E-state index in [4.69, 9.17) is 19.7 Å². The van der Waals surface area contributed by atoms with Gasteiger partial charge in [-0.1, -0.05) is 6.92 Å². The quantitative estimate of drug-likeness (QED) is 0.559. The summed E-state index contributed by atoms with van der Waals surface area (Å²) in [5, 5.41) is 27.1. The molecular weight excluding hydrogens is 244 g/mol. The fraction of sp³-hybridized carbons (Fsp3) is 0.818. The van der Waals surface area contributed by atoms with E-state index in [1.807, 2.05) is 0 Å². The number of rotatable bonds is 6. The Hall–Kier alpha value is -1.02. The number of aliphatic carboxylic acids is 1. The van der Waals surface area contributed by atoms with Crippen molar-refractivity contribution in [2.24, 2.45) is 0 Å². The molecule has 7 nitrogen and oxygen atoms in total. The van der Waals surface area contributed by atoms with Crippen LogP contribution in [0.25, 0.3) is 0 Å². The molecule has 1 rings (SSSR count). The van der Waals surface area contributed by atoms with Crippen LogP contribution in [0, 0.1) is 0 Å². The summed E-state index contributed by atoms with van der Waals surface area (Å²) in [6.07, 6.45) is -3.71. The molecule has 0 spiro atoms. The second-order valence-electron chi connectivity index (χ2n) is 4.15. The Kier molecular flexibility index (Phi) is 5.67. The van der Waals surface area contributed by atoms with Crippen molar-refractivity contribution < 1.29 is 34.4 Å². The minimum atomic E-state index is -1.43. The van der Waals surface area contributed by atoms with Gasteiger partial charge >= 0.3 is 5.97 Å². The van der Waals surface area contributed by atoms with E-state index in [2.05, 4.69) is 0 Å². The molecule has 0 bridgehead atoms. The van der Waals surface area contributed by atoms with Crippen molar-refractivity contribution in [3.8, 4) is 0 Å². The van der Waals surface area contributed by atoms with Crippen LogP contribution >= 0.6 is 0 Å². The van der Waals surface area contributed by atoms with Crippen LogP contribution in [0.1, 0.15) is 19.8 Å². The van der Waals surface area contributed by atoms with E-state index in [9.17, 15) is 14.7 Å². The van der Waals surface area contributed by atoms with Crippen LogP contribution in [0.4, 0.5) is 0 Å². The Morgan fingerprint density at radius 2 is 2.28 bits per heavy atom. The average Bonchev–Trinajstić information content (AvgIpc) is 2.33. The Bertz CT molecular complexity index is 304. The predicted octanol–water partition coefficient (Wildman–Crippen LogP) is -1.05. The second kappa shape index (κ2) is 6.79. The van der Waals surface area contributed by atoms with Crippen LogP contribution in [0.5, 0.6) is 0 Å². The maximum Gasteiger partial charge on any atom is 0.305 e. The first-order chi connectivity index (χ1) is 8.49. The Morgan fingerprint density at radius 3 is 2.78 bits per heavy atom. The van der Waals surface area contributed by atoms with Crippen molar-refractivity contribution in [3.05, 3.63) is 0 Å². The van der Waals surface area contributed by atoms with Gasteiger partial charge in [0.05, 0.1) is 25.7 Å². The topological polar surface area (TPSA) is 113 Å². The van der Waals surface area contributed by atoms with Crippen molar-refractivity contribution in [1.82, 2.24) is 0 Å². The molecule has 0 aliphatic carbocycles. The van der Waals surface area contributed by atoms with Crippen LogP contribution in [0.2, 0.25) is 0 Å². The van der Waals surface area contributed by atoms with Crippen LogP contribution in [-0.2, 0) is 19.1 Å². The Labute approximate surface area is 104 Å². The van der Waals surface area contributed by atoms with Gasteiger partial charge in [0.2, 0.25) is 0 Å². The lowest BCUT2D eigenvalue weighted by atomic mass is 10.0. The standard InChI is InChI=1S/C11H18O7/c1-2-6(3-9(13)14)18-8-5-17-7(4-12)10(15)11(8)16/h6-8,10,12,15H,2-5H2,1H3,(H,13,14). The van der Waals surface area contributed by atoms with Gasteiger partial charge in [-0.3, -0.25) is 9.59 Å². The summed E-state index contributed by atoms with van der Waals surface area (Å²) >= 11 is 0. The van der Waals surface area contributed by atoms with E-state index in [1.165, 1.54) is 0 Å². The first-order valence-electron chi connectivity index (χ1n) is 5.81. The fourth-order valence-electron chi connectivity index (χ4n) is 1.73. The summed E-state index contributed by atoms with van der Waals surface area (Å²) in [6.45, 7) is 1.21. The van der Waals surface area contributed by atoms with E-state index in [1.54, 1.807) is 6.92 Å². The molecule has 0 aromatic heterocycles. The average molecular weight is 262 g/mol. The minimum Gasteiger partial charge on any atom is -0.481 e. The Balaban J connectivity index is 2.57. The highest BCUT2D eigenvalue weighted by Gasteiger charge is 2.39. The van der Waals surface area contributed by atoms with E-state index >= 15 is 0 Å². The molecular formula is C11H18O7. The van der Waals surface area contributed by atoms with Gasteiger partial charge in [-0.2, -0.15) is 0 Å². The smallest absolute Gasteiger partial charge is 0.305 e. The van der Waals surface area contributed by atoms with Gasteiger partial charge < -0.3 is 24.8 Å². The number of ether oxygens (including phenoxy) is 2. The molecule has 4 unspecified atom stereocenters. The maximum absolute atomic E-state index is 11.7. The lowest BCUT2D eigenvalue weighted by Gasteiger charge is -2.32. The monoisotopic (exact) mass is 262 g/mol. The van der Waals surface area contributed by atoms with Gasteiger partial charge in [0.25, 0.3) is 0 Å². The van der Waals surface area contributed by atoms with Crippen molar-refractivity contribution >= 4 is 11.8 Å². The first-order valence-corrected chi connectivity index (χ1v) is 5.81. The number of hydrogen-bond acceptors (Lipinski definition) is 6. The number of ketones is 1. The molecule has 0 aromatic rings. The van der Waals surface area contributed by atoms with Crippen molar-refractivity contribution in [1.29, 1.82) is 0 Å². The zero-order chi connectivity index (χ0) is 13.7. The van der Waals surface area contributed by atoms with Gasteiger partial charge in [0.15, 0.2) is 5.78 Å². The number of aliphatic hydroxyl groups is 2. The molecule has 1 aliphatic rings. The summed E-state index contributed by atoms with van der Waals surface area (Å²) in [6, 6.07) is 0. The number of Topliss-reactive ketones (excluding diaryl/α,β-unsaturated/α-hetero) is 1. The lowest BCUT2D eigenvalue weighted by Crippen LogP contribution is -2.53. The molecule has 4 atom stereocenters. The van der Waals surface area contributed by atoms with Crippen LogP contribution in [0.15, 0.2) is 0 Å². The molecule has 1 fully saturated rings. The maximum atomic E-state index is 11.7. The molecule has 1 aliphatic heterocycles. The molecule has 18 heavy (non-hydrogen) atoms. The number of carboxylic acid groups (broad SMARTS) is 1. The molecule has 1 heterocycles. The zero-order valence-corrected chi connectivity index (χ0v) is 10.1. The fourth-order valence-corrected chi connectivity index (χ4v) is 1.73. The summed E-state index contributed by atoms with van der Waals surface area (Å²) in [5.74, 6) is -1.59. The molecule has 0 aromatic carbocycles. The van der Waals surface area contributed by atoms with E-state index in [0.717, 1.165) is 0 Å². The number of hydrogen-bond donors (Lipinski definition) is 3. The molecule has 104 valence electrons. The SMILES string of the molecule is CCC(CC(=O)O)OC1COC(CO)C(O)C1=O. The summed E-state index contributed by atoms with van der Waals surface area (Å²) in [4.78, 5) is 22.3. The second-order valence-corrected chi connectivity index (χ2v) is 4.15. The summed E-state index contributed by atoms with van der Waals surface area (Å²) in [7, 11) is 0. The van der Waals surface area contributed by atoms with Crippen molar-refractivity contribution in [3.63, 3.8) is 0 Å². The third-order valence-corrected chi connectivity index (χ3v) is 2.82. The van der Waals surface area contributed by atoms with Crippen LogP contribution < -0.4 is 0 Å².